The Morgan fingerprint density at radius 1 is 1.15 bits per heavy atom. The molecule has 1 saturated carbocycles. The highest BCUT2D eigenvalue weighted by Gasteiger charge is 2.33. The van der Waals surface area contributed by atoms with Crippen molar-refractivity contribution in [1.29, 1.82) is 0 Å². The minimum atomic E-state index is -0.000298. The van der Waals surface area contributed by atoms with Crippen LogP contribution in [0, 0.1) is 5.41 Å². The Labute approximate surface area is 119 Å². The van der Waals surface area contributed by atoms with Gasteiger partial charge in [-0.05, 0) is 12.8 Å². The van der Waals surface area contributed by atoms with E-state index >= 15 is 0 Å². The summed E-state index contributed by atoms with van der Waals surface area (Å²) in [5.74, 6) is 1.44. The van der Waals surface area contributed by atoms with Crippen molar-refractivity contribution in [3.8, 4) is 11.5 Å². The zero-order valence-corrected chi connectivity index (χ0v) is 11.7. The maximum Gasteiger partial charge on any atom is 0.163 e. The van der Waals surface area contributed by atoms with Crippen molar-refractivity contribution < 1.29 is 14.6 Å². The van der Waals surface area contributed by atoms with Gasteiger partial charge in [-0.1, -0.05) is 12.8 Å². The van der Waals surface area contributed by atoms with Crippen molar-refractivity contribution in [2.45, 2.75) is 25.7 Å². The van der Waals surface area contributed by atoms with E-state index in [1.807, 2.05) is 6.07 Å². The molecule has 2 aliphatic rings. The molecule has 0 bridgehead atoms. The second-order valence-corrected chi connectivity index (χ2v) is 5.80. The molecule has 1 aliphatic heterocycles. The van der Waals surface area contributed by atoms with Crippen molar-refractivity contribution in [2.75, 3.05) is 37.4 Å². The number of aliphatic hydroxyl groups excluding tert-OH is 1. The monoisotopic (exact) mass is 278 g/mol. The average molecular weight is 278 g/mol. The van der Waals surface area contributed by atoms with Crippen molar-refractivity contribution in [3.63, 3.8) is 0 Å². The Hall–Kier alpha value is -1.62. The summed E-state index contributed by atoms with van der Waals surface area (Å²) >= 11 is 0. The van der Waals surface area contributed by atoms with Crippen LogP contribution in [-0.2, 0) is 0 Å². The highest BCUT2D eigenvalue weighted by molar-refractivity contribution is 5.72. The molecule has 0 aromatic heterocycles. The smallest absolute Gasteiger partial charge is 0.163 e. The molecule has 4 N–H and O–H groups in total. The predicted molar refractivity (Wildman–Crippen MR) is 78.3 cm³/mol. The van der Waals surface area contributed by atoms with Crippen LogP contribution in [0.5, 0.6) is 11.5 Å². The van der Waals surface area contributed by atoms with Gasteiger partial charge in [0.15, 0.2) is 11.5 Å². The molecule has 3 rings (SSSR count). The lowest BCUT2D eigenvalue weighted by Crippen LogP contribution is -2.30. The summed E-state index contributed by atoms with van der Waals surface area (Å²) < 4.78 is 11.1. The van der Waals surface area contributed by atoms with Crippen LogP contribution in [0.25, 0.3) is 0 Å². The lowest BCUT2D eigenvalue weighted by molar-refractivity contribution is 0.142. The normalized spacial score (nSPS) is 19.9. The van der Waals surface area contributed by atoms with E-state index in [2.05, 4.69) is 5.32 Å². The van der Waals surface area contributed by atoms with Crippen molar-refractivity contribution >= 4 is 11.4 Å². The lowest BCUT2D eigenvalue weighted by atomic mass is 9.87. The fraction of sp³-hybridized carbons (Fsp3) is 0.600. The van der Waals surface area contributed by atoms with Gasteiger partial charge >= 0.3 is 0 Å². The maximum absolute atomic E-state index is 9.64. The van der Waals surface area contributed by atoms with Gasteiger partial charge < -0.3 is 25.6 Å². The van der Waals surface area contributed by atoms with Gasteiger partial charge in [-0.15, -0.1) is 0 Å². The zero-order valence-electron chi connectivity index (χ0n) is 11.7. The van der Waals surface area contributed by atoms with Gasteiger partial charge in [0.1, 0.15) is 13.2 Å². The summed E-state index contributed by atoms with van der Waals surface area (Å²) in [5, 5.41) is 13.0. The summed E-state index contributed by atoms with van der Waals surface area (Å²) in [7, 11) is 0. The van der Waals surface area contributed by atoms with Crippen molar-refractivity contribution in [3.05, 3.63) is 12.1 Å². The summed E-state index contributed by atoms with van der Waals surface area (Å²) in [6.45, 7) is 2.10. The zero-order chi connectivity index (χ0) is 14.0. The van der Waals surface area contributed by atoms with Gasteiger partial charge in [-0.25, -0.2) is 0 Å². The van der Waals surface area contributed by atoms with Gasteiger partial charge in [0.2, 0.25) is 0 Å². The number of hydrogen-bond donors (Lipinski definition) is 3. The first kappa shape index (κ1) is 13.4. The standard InChI is InChI=1S/C15H22N2O3/c16-11-7-13-14(20-6-5-19-13)8-12(11)17-9-15(10-18)3-1-2-4-15/h7-8,17-18H,1-6,9-10,16H2. The molecule has 5 heteroatoms. The number of aliphatic hydroxyl groups is 1. The fourth-order valence-corrected chi connectivity index (χ4v) is 3.06. The molecule has 1 aromatic rings. The highest BCUT2D eigenvalue weighted by atomic mass is 16.6. The Morgan fingerprint density at radius 3 is 2.45 bits per heavy atom. The minimum absolute atomic E-state index is 0.000298. The first-order valence-electron chi connectivity index (χ1n) is 7.26. The molecule has 0 spiro atoms. The van der Waals surface area contributed by atoms with Gasteiger partial charge in [0, 0.05) is 24.1 Å². The molecule has 0 saturated heterocycles. The molecule has 110 valence electrons. The molecule has 1 aliphatic carbocycles. The molecular formula is C15H22N2O3. The number of anilines is 2. The van der Waals surface area contributed by atoms with Gasteiger partial charge in [-0.3, -0.25) is 0 Å². The molecule has 0 atom stereocenters. The molecule has 1 fully saturated rings. The van der Waals surface area contributed by atoms with Crippen LogP contribution in [0.3, 0.4) is 0 Å². The number of rotatable bonds is 4. The molecule has 0 amide bonds. The van der Waals surface area contributed by atoms with E-state index in [1.54, 1.807) is 6.07 Å². The number of nitrogens with one attached hydrogen (secondary N) is 1. The lowest BCUT2D eigenvalue weighted by Gasteiger charge is -2.28. The van der Waals surface area contributed by atoms with Gasteiger partial charge in [-0.2, -0.15) is 0 Å². The largest absolute Gasteiger partial charge is 0.486 e. The third-order valence-electron chi connectivity index (χ3n) is 4.37. The SMILES string of the molecule is Nc1cc2c(cc1NCC1(CO)CCCC1)OCCO2. The molecular weight excluding hydrogens is 256 g/mol. The second kappa shape index (κ2) is 5.40. The number of benzene rings is 1. The number of fused-ring (bicyclic) bond motifs is 1. The van der Waals surface area contributed by atoms with E-state index in [0.29, 0.717) is 24.7 Å². The first-order chi connectivity index (χ1) is 9.72. The van der Waals surface area contributed by atoms with Crippen LogP contribution in [0.4, 0.5) is 11.4 Å². The average Bonchev–Trinajstić information content (AvgIpc) is 2.94. The van der Waals surface area contributed by atoms with E-state index in [9.17, 15) is 5.11 Å². The van der Waals surface area contributed by atoms with Gasteiger partial charge in [0.25, 0.3) is 0 Å². The summed E-state index contributed by atoms with van der Waals surface area (Å²) in [4.78, 5) is 0. The van der Waals surface area contributed by atoms with Crippen LogP contribution in [-0.4, -0.2) is 31.5 Å². The molecule has 0 radical (unpaired) electrons. The maximum atomic E-state index is 9.64. The third kappa shape index (κ3) is 2.50. The van der Waals surface area contributed by atoms with Crippen LogP contribution < -0.4 is 20.5 Å². The number of nitrogen functional groups attached to an aromatic ring is 1. The van der Waals surface area contributed by atoms with Crippen LogP contribution in [0.15, 0.2) is 12.1 Å². The topological polar surface area (TPSA) is 76.7 Å². The van der Waals surface area contributed by atoms with E-state index < -0.39 is 0 Å². The third-order valence-corrected chi connectivity index (χ3v) is 4.37. The van der Waals surface area contributed by atoms with Crippen LogP contribution in [0.2, 0.25) is 0 Å². The molecule has 0 unspecified atom stereocenters. The van der Waals surface area contributed by atoms with Crippen molar-refractivity contribution in [1.82, 2.24) is 0 Å². The Kier molecular flexibility index (Phi) is 3.61. The Bertz CT molecular complexity index is 484. The number of ether oxygens (including phenoxy) is 2. The summed E-state index contributed by atoms with van der Waals surface area (Å²) in [6.07, 6.45) is 4.53. The number of hydrogen-bond acceptors (Lipinski definition) is 5. The van der Waals surface area contributed by atoms with E-state index in [4.69, 9.17) is 15.2 Å². The fourth-order valence-electron chi connectivity index (χ4n) is 3.06. The van der Waals surface area contributed by atoms with Gasteiger partial charge in [0.05, 0.1) is 18.0 Å². The van der Waals surface area contributed by atoms with E-state index in [1.165, 1.54) is 12.8 Å². The van der Waals surface area contributed by atoms with Crippen LogP contribution >= 0.6 is 0 Å². The number of nitrogens with two attached hydrogens (primary N) is 1. The first-order valence-corrected chi connectivity index (χ1v) is 7.26. The van der Waals surface area contributed by atoms with E-state index in [-0.39, 0.29) is 12.0 Å². The predicted octanol–water partition coefficient (Wildman–Crippen LogP) is 2.00. The summed E-state index contributed by atoms with van der Waals surface area (Å²) in [5.41, 5.74) is 7.56. The molecule has 1 aromatic carbocycles. The molecule has 1 heterocycles. The highest BCUT2D eigenvalue weighted by Crippen LogP contribution is 2.40. The second-order valence-electron chi connectivity index (χ2n) is 5.80. The Balaban J connectivity index is 1.74. The molecule has 5 nitrogen and oxygen atoms in total. The summed E-state index contributed by atoms with van der Waals surface area (Å²) in [6, 6.07) is 3.70. The quantitative estimate of drug-likeness (QED) is 0.734. The minimum Gasteiger partial charge on any atom is -0.486 e. The molecule has 20 heavy (non-hydrogen) atoms. The van der Waals surface area contributed by atoms with Crippen LogP contribution in [0.1, 0.15) is 25.7 Å². The van der Waals surface area contributed by atoms with Crippen molar-refractivity contribution in [2.24, 2.45) is 5.41 Å². The Morgan fingerprint density at radius 2 is 1.80 bits per heavy atom. The van der Waals surface area contributed by atoms with E-state index in [0.717, 1.165) is 30.8 Å².